The summed E-state index contributed by atoms with van der Waals surface area (Å²) in [7, 11) is -2.95. The van der Waals surface area contributed by atoms with Crippen LogP contribution in [0.15, 0.2) is 24.4 Å². The lowest BCUT2D eigenvalue weighted by molar-refractivity contribution is 0.342. The molecule has 2 aromatic rings. The fourth-order valence-corrected chi connectivity index (χ4v) is 4.88. The van der Waals surface area contributed by atoms with Crippen LogP contribution in [0, 0.1) is 5.92 Å². The molecular weight excluding hydrogens is 344 g/mol. The molecule has 24 heavy (non-hydrogen) atoms. The monoisotopic (exact) mass is 366 g/mol. The second-order valence-electron chi connectivity index (χ2n) is 7.13. The highest BCUT2D eigenvalue weighted by Gasteiger charge is 2.38. The molecule has 4 nitrogen and oxygen atoms in total. The van der Waals surface area contributed by atoms with Crippen molar-refractivity contribution in [2.45, 2.75) is 32.7 Å². The van der Waals surface area contributed by atoms with E-state index >= 15 is 0 Å². The van der Waals surface area contributed by atoms with Crippen molar-refractivity contribution >= 4 is 37.9 Å². The van der Waals surface area contributed by atoms with Gasteiger partial charge in [0, 0.05) is 42.0 Å². The van der Waals surface area contributed by atoms with Gasteiger partial charge in [-0.1, -0.05) is 31.5 Å². The molecule has 1 aliphatic rings. The molecule has 0 spiro atoms. The summed E-state index contributed by atoms with van der Waals surface area (Å²) < 4.78 is 23.1. The molecule has 0 N–H and O–H groups in total. The average molecular weight is 367 g/mol. The maximum atomic E-state index is 11.5. The van der Waals surface area contributed by atoms with E-state index in [1.807, 2.05) is 12.3 Å². The number of rotatable bonds is 4. The van der Waals surface area contributed by atoms with Gasteiger partial charge in [-0.05, 0) is 35.9 Å². The van der Waals surface area contributed by atoms with E-state index in [-0.39, 0.29) is 17.7 Å². The van der Waals surface area contributed by atoms with Crippen LogP contribution in [0.4, 0.5) is 5.69 Å². The van der Waals surface area contributed by atoms with Crippen molar-refractivity contribution in [3.05, 3.63) is 35.1 Å². The van der Waals surface area contributed by atoms with Crippen LogP contribution < -0.4 is 4.90 Å². The maximum absolute atomic E-state index is 11.5. The van der Waals surface area contributed by atoms with E-state index in [2.05, 4.69) is 42.8 Å². The smallest absolute Gasteiger partial charge is 0.147 e. The third-order valence-electron chi connectivity index (χ3n) is 4.93. The van der Waals surface area contributed by atoms with Gasteiger partial charge in [-0.25, -0.2) is 13.4 Å². The summed E-state index contributed by atoms with van der Waals surface area (Å²) in [5.41, 5.74) is 2.36. The molecule has 0 bridgehead atoms. The Labute approximate surface area is 148 Å². The molecule has 1 unspecified atom stereocenters. The number of hydrogen-bond acceptors (Lipinski definition) is 4. The number of sulfone groups is 1. The number of aromatic nitrogens is 1. The Balaban J connectivity index is 1.99. The zero-order valence-corrected chi connectivity index (χ0v) is 16.0. The van der Waals surface area contributed by atoms with E-state index in [0.717, 1.165) is 23.0 Å². The Hall–Kier alpha value is -1.33. The van der Waals surface area contributed by atoms with Gasteiger partial charge < -0.3 is 4.90 Å². The van der Waals surface area contributed by atoms with E-state index in [1.54, 1.807) is 0 Å². The Morgan fingerprint density at radius 1 is 1.33 bits per heavy atom. The van der Waals surface area contributed by atoms with Crippen molar-refractivity contribution in [3.8, 4) is 0 Å². The van der Waals surface area contributed by atoms with Crippen LogP contribution in [-0.2, 0) is 9.84 Å². The maximum Gasteiger partial charge on any atom is 0.147 e. The van der Waals surface area contributed by atoms with E-state index in [1.165, 1.54) is 11.8 Å². The fourth-order valence-electron chi connectivity index (χ4n) is 3.56. The van der Waals surface area contributed by atoms with Gasteiger partial charge in [-0.2, -0.15) is 0 Å². The highest BCUT2D eigenvalue weighted by Crippen LogP contribution is 2.39. The molecule has 2 heterocycles. The van der Waals surface area contributed by atoms with Gasteiger partial charge >= 0.3 is 0 Å². The predicted molar refractivity (Wildman–Crippen MR) is 101 cm³/mol. The second-order valence-corrected chi connectivity index (χ2v) is 9.70. The lowest BCUT2D eigenvalue weighted by atomic mass is 9.89. The number of fused-ring (bicyclic) bond motifs is 1. The molecule has 1 fully saturated rings. The van der Waals surface area contributed by atoms with E-state index in [9.17, 15) is 8.42 Å². The van der Waals surface area contributed by atoms with Crippen LogP contribution in [0.25, 0.3) is 10.8 Å². The molecule has 0 radical (unpaired) electrons. The largest absolute Gasteiger partial charge is 0.368 e. The fraction of sp³-hybridized carbons (Fsp3) is 0.500. The molecule has 0 amide bonds. The molecule has 1 saturated heterocycles. The van der Waals surface area contributed by atoms with Crippen LogP contribution in [0.5, 0.6) is 0 Å². The average Bonchev–Trinajstić information content (AvgIpc) is 2.48. The number of benzene rings is 1. The van der Waals surface area contributed by atoms with Crippen molar-refractivity contribution in [3.63, 3.8) is 0 Å². The number of pyridine rings is 1. The summed E-state index contributed by atoms with van der Waals surface area (Å²) in [6.07, 6.45) is 3.14. The molecule has 1 aromatic heterocycles. The molecular formula is C18H23ClN2O2S. The Bertz CT molecular complexity index is 880. The van der Waals surface area contributed by atoms with Gasteiger partial charge in [-0.3, -0.25) is 0 Å². The van der Waals surface area contributed by atoms with Crippen LogP contribution in [0.1, 0.15) is 32.3 Å². The predicted octanol–water partition coefficient (Wildman–Crippen LogP) is 3.88. The van der Waals surface area contributed by atoms with Gasteiger partial charge in [0.2, 0.25) is 0 Å². The Morgan fingerprint density at radius 2 is 2.04 bits per heavy atom. The Kier molecular flexibility index (Phi) is 4.51. The number of halogens is 1. The SMILES string of the molecule is CC(C)c1ccc(N2CC(CS(C)(=O)=O)[C@H]2C)c2cnc(Cl)cc12. The second kappa shape index (κ2) is 6.19. The van der Waals surface area contributed by atoms with Crippen molar-refractivity contribution < 1.29 is 8.42 Å². The topological polar surface area (TPSA) is 50.3 Å². The lowest BCUT2D eigenvalue weighted by Gasteiger charge is -2.48. The first kappa shape index (κ1) is 17.5. The van der Waals surface area contributed by atoms with Crippen LogP contribution >= 0.6 is 11.6 Å². The van der Waals surface area contributed by atoms with Crippen molar-refractivity contribution in [2.24, 2.45) is 5.92 Å². The van der Waals surface area contributed by atoms with Crippen LogP contribution in [-0.4, -0.2) is 38.0 Å². The van der Waals surface area contributed by atoms with Crippen molar-refractivity contribution in [1.82, 2.24) is 4.98 Å². The summed E-state index contributed by atoms with van der Waals surface area (Å²) in [5, 5.41) is 2.70. The molecule has 1 aliphatic heterocycles. The number of hydrogen-bond donors (Lipinski definition) is 0. The minimum Gasteiger partial charge on any atom is -0.368 e. The zero-order chi connectivity index (χ0) is 17.6. The third-order valence-corrected chi connectivity index (χ3v) is 6.17. The minimum atomic E-state index is -2.95. The molecule has 6 heteroatoms. The summed E-state index contributed by atoms with van der Waals surface area (Å²) in [6, 6.07) is 6.40. The zero-order valence-electron chi connectivity index (χ0n) is 14.5. The van der Waals surface area contributed by atoms with E-state index < -0.39 is 9.84 Å². The van der Waals surface area contributed by atoms with Gasteiger partial charge in [0.25, 0.3) is 0 Å². The van der Waals surface area contributed by atoms with Gasteiger partial charge in [-0.15, -0.1) is 0 Å². The van der Waals surface area contributed by atoms with Gasteiger partial charge in [0.1, 0.15) is 15.0 Å². The highest BCUT2D eigenvalue weighted by molar-refractivity contribution is 7.90. The quantitative estimate of drug-likeness (QED) is 0.770. The van der Waals surface area contributed by atoms with Crippen LogP contribution in [0.3, 0.4) is 0 Å². The van der Waals surface area contributed by atoms with Crippen LogP contribution in [0.2, 0.25) is 5.15 Å². The summed E-state index contributed by atoms with van der Waals surface area (Å²) in [5.74, 6) is 0.823. The standard InChI is InChI=1S/C18H23ClN2O2S/c1-11(2)14-5-6-17(16-8-20-18(19)7-15(14)16)21-9-13(12(21)3)10-24(4,22)23/h5-8,11-13H,9-10H2,1-4H3/t12-,13?/m1/s1. The van der Waals surface area contributed by atoms with E-state index in [0.29, 0.717) is 11.1 Å². The van der Waals surface area contributed by atoms with Crippen molar-refractivity contribution in [2.75, 3.05) is 23.5 Å². The number of nitrogens with zero attached hydrogens (tertiary/aromatic N) is 2. The molecule has 3 rings (SSSR count). The first-order chi connectivity index (χ1) is 11.2. The molecule has 2 atom stereocenters. The molecule has 0 saturated carbocycles. The Morgan fingerprint density at radius 3 is 2.62 bits per heavy atom. The van der Waals surface area contributed by atoms with Gasteiger partial charge in [0.05, 0.1) is 5.75 Å². The molecule has 130 valence electrons. The number of anilines is 1. The third kappa shape index (κ3) is 3.24. The summed E-state index contributed by atoms with van der Waals surface area (Å²) >= 11 is 6.11. The van der Waals surface area contributed by atoms with E-state index in [4.69, 9.17) is 11.6 Å². The summed E-state index contributed by atoms with van der Waals surface area (Å²) in [4.78, 5) is 6.52. The lowest BCUT2D eigenvalue weighted by Crippen LogP contribution is -2.57. The first-order valence-corrected chi connectivity index (χ1v) is 10.6. The molecule has 1 aromatic carbocycles. The minimum absolute atomic E-state index is 0.181. The van der Waals surface area contributed by atoms with Crippen molar-refractivity contribution in [1.29, 1.82) is 0 Å². The highest BCUT2D eigenvalue weighted by atomic mass is 35.5. The van der Waals surface area contributed by atoms with Gasteiger partial charge in [0.15, 0.2) is 0 Å². The molecule has 0 aliphatic carbocycles. The normalized spacial score (nSPS) is 21.3. The summed E-state index contributed by atoms with van der Waals surface area (Å²) in [6.45, 7) is 7.17. The first-order valence-electron chi connectivity index (χ1n) is 8.20.